The van der Waals surface area contributed by atoms with E-state index in [1.54, 1.807) is 7.11 Å². The van der Waals surface area contributed by atoms with Crippen LogP contribution < -0.4 is 9.47 Å². The van der Waals surface area contributed by atoms with E-state index in [-0.39, 0.29) is 0 Å². The van der Waals surface area contributed by atoms with Gasteiger partial charge < -0.3 is 18.9 Å². The summed E-state index contributed by atoms with van der Waals surface area (Å²) in [6.07, 6.45) is 3.41. The van der Waals surface area contributed by atoms with Gasteiger partial charge in [0.1, 0.15) is 17.2 Å². The van der Waals surface area contributed by atoms with Gasteiger partial charge in [-0.05, 0) is 38.6 Å². The van der Waals surface area contributed by atoms with Crippen molar-refractivity contribution in [1.29, 1.82) is 0 Å². The van der Waals surface area contributed by atoms with Crippen LogP contribution in [0.3, 0.4) is 0 Å². The first-order chi connectivity index (χ1) is 14.2. The van der Waals surface area contributed by atoms with Crippen molar-refractivity contribution in [3.05, 3.63) is 54.6 Å². The molecule has 0 amide bonds. The highest BCUT2D eigenvalue weighted by atomic mass is 16.5. The van der Waals surface area contributed by atoms with Crippen molar-refractivity contribution in [2.45, 2.75) is 26.2 Å². The third-order valence-corrected chi connectivity index (χ3v) is 4.87. The minimum atomic E-state index is 0.635. The Morgan fingerprint density at radius 3 is 2.55 bits per heavy atom. The van der Waals surface area contributed by atoms with Crippen LogP contribution in [0.1, 0.15) is 26.2 Å². The van der Waals surface area contributed by atoms with Crippen LogP contribution >= 0.6 is 0 Å². The van der Waals surface area contributed by atoms with E-state index >= 15 is 0 Å². The van der Waals surface area contributed by atoms with Crippen LogP contribution in [0.4, 0.5) is 0 Å². The summed E-state index contributed by atoms with van der Waals surface area (Å²) in [5.74, 6) is 2.18. The molecule has 5 nitrogen and oxygen atoms in total. The minimum Gasteiger partial charge on any atom is -0.497 e. The smallest absolute Gasteiger partial charge is 0.171 e. The first-order valence-electron chi connectivity index (χ1n) is 10.2. The molecule has 0 spiro atoms. The van der Waals surface area contributed by atoms with E-state index in [1.165, 1.54) is 12.8 Å². The van der Waals surface area contributed by atoms with E-state index < -0.39 is 0 Å². The molecule has 5 heteroatoms. The number of methoxy groups -OCH3 is 1. The molecular formula is C24H30N2O3. The Bertz CT molecular complexity index is 877. The second-order valence-electron chi connectivity index (χ2n) is 7.16. The Hall–Kier alpha value is -2.79. The van der Waals surface area contributed by atoms with Gasteiger partial charge in [-0.1, -0.05) is 48.8 Å². The predicted octanol–water partition coefficient (Wildman–Crippen LogP) is 5.52. The number of nitrogens with zero attached hydrogens (tertiary/aromatic N) is 2. The van der Waals surface area contributed by atoms with Crippen molar-refractivity contribution in [3.8, 4) is 34.1 Å². The molecule has 0 bridgehead atoms. The van der Waals surface area contributed by atoms with Crippen LogP contribution in [-0.4, -0.2) is 43.9 Å². The second kappa shape index (κ2) is 10.7. The molecule has 0 fully saturated rings. The van der Waals surface area contributed by atoms with Crippen molar-refractivity contribution >= 4 is 0 Å². The standard InChI is InChI=1S/C24H30N2O3/c1-4-5-14-26(2)15-9-16-28-23-17-20(27-3)12-13-21(23)24-18-22(25-29-24)19-10-7-6-8-11-19/h6-8,10-13,17-18H,4-5,9,14-16H2,1-3H3. The molecular weight excluding hydrogens is 364 g/mol. The number of aromatic nitrogens is 1. The highest BCUT2D eigenvalue weighted by molar-refractivity contribution is 5.71. The summed E-state index contributed by atoms with van der Waals surface area (Å²) in [5.41, 5.74) is 2.70. The maximum atomic E-state index is 6.11. The molecule has 0 saturated heterocycles. The molecule has 0 radical (unpaired) electrons. The maximum Gasteiger partial charge on any atom is 0.171 e. The predicted molar refractivity (Wildman–Crippen MR) is 116 cm³/mol. The molecule has 0 saturated carbocycles. The molecule has 1 aromatic heterocycles. The summed E-state index contributed by atoms with van der Waals surface area (Å²) in [4.78, 5) is 2.35. The zero-order valence-electron chi connectivity index (χ0n) is 17.6. The maximum absolute atomic E-state index is 6.11. The number of rotatable bonds is 11. The van der Waals surface area contributed by atoms with Gasteiger partial charge in [0.05, 0.1) is 19.3 Å². The largest absolute Gasteiger partial charge is 0.497 e. The average Bonchev–Trinajstić information content (AvgIpc) is 3.25. The molecule has 0 atom stereocenters. The van der Waals surface area contributed by atoms with Crippen molar-refractivity contribution in [3.63, 3.8) is 0 Å². The molecule has 0 aliphatic rings. The van der Waals surface area contributed by atoms with Crippen LogP contribution in [0.25, 0.3) is 22.6 Å². The minimum absolute atomic E-state index is 0.635. The summed E-state index contributed by atoms with van der Waals surface area (Å²) in [6.45, 7) is 4.99. The highest BCUT2D eigenvalue weighted by Gasteiger charge is 2.14. The van der Waals surface area contributed by atoms with Gasteiger partial charge in [0, 0.05) is 24.2 Å². The quantitative estimate of drug-likeness (QED) is 0.401. The van der Waals surface area contributed by atoms with Gasteiger partial charge in [0.15, 0.2) is 5.76 Å². The Morgan fingerprint density at radius 1 is 1.00 bits per heavy atom. The Balaban J connectivity index is 1.70. The van der Waals surface area contributed by atoms with Gasteiger partial charge in [-0.3, -0.25) is 0 Å². The number of hydrogen-bond donors (Lipinski definition) is 0. The second-order valence-corrected chi connectivity index (χ2v) is 7.16. The molecule has 3 aromatic rings. The fraction of sp³-hybridized carbons (Fsp3) is 0.375. The van der Waals surface area contributed by atoms with Crippen molar-refractivity contribution in [2.24, 2.45) is 0 Å². The van der Waals surface area contributed by atoms with Crippen molar-refractivity contribution in [2.75, 3.05) is 33.9 Å². The number of unbranched alkanes of at least 4 members (excludes halogenated alkanes) is 1. The van der Waals surface area contributed by atoms with E-state index in [9.17, 15) is 0 Å². The van der Waals surface area contributed by atoms with Gasteiger partial charge in [0.2, 0.25) is 0 Å². The van der Waals surface area contributed by atoms with Crippen LogP contribution in [0.5, 0.6) is 11.5 Å². The van der Waals surface area contributed by atoms with Crippen LogP contribution in [-0.2, 0) is 0 Å². The zero-order chi connectivity index (χ0) is 20.5. The summed E-state index contributed by atoms with van der Waals surface area (Å²) in [7, 11) is 3.82. The first-order valence-corrected chi connectivity index (χ1v) is 10.2. The molecule has 154 valence electrons. The third-order valence-electron chi connectivity index (χ3n) is 4.87. The normalized spacial score (nSPS) is 11.0. The highest BCUT2D eigenvalue weighted by Crippen LogP contribution is 2.35. The molecule has 2 aromatic carbocycles. The zero-order valence-corrected chi connectivity index (χ0v) is 17.6. The van der Waals surface area contributed by atoms with Crippen LogP contribution in [0, 0.1) is 0 Å². The number of hydrogen-bond acceptors (Lipinski definition) is 5. The monoisotopic (exact) mass is 394 g/mol. The van der Waals surface area contributed by atoms with Crippen molar-refractivity contribution in [1.82, 2.24) is 10.1 Å². The van der Waals surface area contributed by atoms with Gasteiger partial charge in [-0.25, -0.2) is 0 Å². The lowest BCUT2D eigenvalue weighted by Gasteiger charge is -2.16. The van der Waals surface area contributed by atoms with Crippen molar-refractivity contribution < 1.29 is 14.0 Å². The van der Waals surface area contributed by atoms with E-state index in [2.05, 4.69) is 24.0 Å². The topological polar surface area (TPSA) is 47.7 Å². The van der Waals surface area contributed by atoms with E-state index in [0.29, 0.717) is 12.4 Å². The molecule has 3 rings (SSSR count). The Labute approximate surface area is 173 Å². The lowest BCUT2D eigenvalue weighted by atomic mass is 10.1. The summed E-state index contributed by atoms with van der Waals surface area (Å²) >= 11 is 0. The number of ether oxygens (including phenoxy) is 2. The average molecular weight is 395 g/mol. The number of benzene rings is 2. The van der Waals surface area contributed by atoms with Crippen LogP contribution in [0.15, 0.2) is 59.1 Å². The van der Waals surface area contributed by atoms with Gasteiger partial charge in [-0.2, -0.15) is 0 Å². The fourth-order valence-electron chi connectivity index (χ4n) is 3.16. The molecule has 1 heterocycles. The molecule has 0 unspecified atom stereocenters. The molecule has 29 heavy (non-hydrogen) atoms. The van der Waals surface area contributed by atoms with E-state index in [0.717, 1.165) is 47.8 Å². The van der Waals surface area contributed by atoms with Gasteiger partial charge in [-0.15, -0.1) is 0 Å². The lowest BCUT2D eigenvalue weighted by Crippen LogP contribution is -2.22. The summed E-state index contributed by atoms with van der Waals surface area (Å²) < 4.78 is 17.1. The molecule has 0 N–H and O–H groups in total. The Morgan fingerprint density at radius 2 is 1.79 bits per heavy atom. The molecule has 0 aliphatic carbocycles. The van der Waals surface area contributed by atoms with E-state index in [1.807, 2.05) is 54.6 Å². The summed E-state index contributed by atoms with van der Waals surface area (Å²) in [6, 6.07) is 17.7. The third kappa shape index (κ3) is 5.84. The van der Waals surface area contributed by atoms with Gasteiger partial charge >= 0.3 is 0 Å². The van der Waals surface area contributed by atoms with Crippen LogP contribution in [0.2, 0.25) is 0 Å². The first kappa shape index (κ1) is 20.9. The SMILES string of the molecule is CCCCN(C)CCCOc1cc(OC)ccc1-c1cc(-c2ccccc2)no1. The Kier molecular flexibility index (Phi) is 7.70. The molecule has 0 aliphatic heterocycles. The fourth-order valence-corrected chi connectivity index (χ4v) is 3.16. The van der Waals surface area contributed by atoms with E-state index in [4.69, 9.17) is 14.0 Å². The summed E-state index contributed by atoms with van der Waals surface area (Å²) in [5, 5.41) is 4.23. The van der Waals surface area contributed by atoms with Gasteiger partial charge in [0.25, 0.3) is 0 Å². The lowest BCUT2D eigenvalue weighted by molar-refractivity contribution is 0.260.